The predicted octanol–water partition coefficient (Wildman–Crippen LogP) is 1.74. The predicted molar refractivity (Wildman–Crippen MR) is 54.9 cm³/mol. The lowest BCUT2D eigenvalue weighted by Gasteiger charge is -2.01. The topological polar surface area (TPSA) is 50.1 Å². The third-order valence-electron chi connectivity index (χ3n) is 1.64. The van der Waals surface area contributed by atoms with E-state index < -0.39 is 0 Å². The average Bonchev–Trinajstić information content (AvgIpc) is 2.27. The van der Waals surface area contributed by atoms with Crippen LogP contribution in [-0.2, 0) is 4.74 Å². The molecular weight excluding hydrogens is 190 g/mol. The normalized spacial score (nSPS) is 8.27. The maximum absolute atomic E-state index is 11.3. The molecule has 0 aliphatic heterocycles. The van der Waals surface area contributed by atoms with Gasteiger partial charge in [-0.1, -0.05) is 12.0 Å². The Balaban J connectivity index is 2.93. The summed E-state index contributed by atoms with van der Waals surface area (Å²) in [5, 5.41) is 8.28. The Kier molecular flexibility index (Phi) is 3.94. The number of rotatable bonds is 2. The molecule has 3 heteroatoms. The largest absolute Gasteiger partial charge is 0.462 e. The smallest absolute Gasteiger partial charge is 0.338 e. The van der Waals surface area contributed by atoms with Crippen molar-refractivity contribution in [2.45, 2.75) is 6.92 Å². The molecule has 74 valence electrons. The van der Waals surface area contributed by atoms with Crippen LogP contribution in [0.5, 0.6) is 0 Å². The quantitative estimate of drug-likeness (QED) is 0.538. The summed E-state index contributed by atoms with van der Waals surface area (Å²) >= 11 is 0. The highest BCUT2D eigenvalue weighted by Crippen LogP contribution is 2.05. The van der Waals surface area contributed by atoms with Crippen LogP contribution in [0.15, 0.2) is 24.3 Å². The van der Waals surface area contributed by atoms with Crippen molar-refractivity contribution in [3.63, 3.8) is 0 Å². The Bertz CT molecular complexity index is 460. The van der Waals surface area contributed by atoms with Crippen molar-refractivity contribution < 1.29 is 9.53 Å². The minimum atomic E-state index is -0.377. The Labute approximate surface area is 88.3 Å². The summed E-state index contributed by atoms with van der Waals surface area (Å²) in [5.74, 6) is 4.50. The summed E-state index contributed by atoms with van der Waals surface area (Å²) in [4.78, 5) is 11.3. The van der Waals surface area contributed by atoms with E-state index >= 15 is 0 Å². The zero-order chi connectivity index (χ0) is 11.1. The summed E-state index contributed by atoms with van der Waals surface area (Å²) < 4.78 is 4.84. The van der Waals surface area contributed by atoms with E-state index in [0.29, 0.717) is 17.7 Å². The van der Waals surface area contributed by atoms with E-state index in [9.17, 15) is 4.79 Å². The van der Waals surface area contributed by atoms with Gasteiger partial charge >= 0.3 is 5.97 Å². The molecule has 0 heterocycles. The molecule has 1 rings (SSSR count). The second-order valence-corrected chi connectivity index (χ2v) is 2.66. The van der Waals surface area contributed by atoms with Gasteiger partial charge in [-0.25, -0.2) is 4.79 Å². The first kappa shape index (κ1) is 10.8. The molecule has 1 aromatic carbocycles. The molecular formula is C12H9NO2. The van der Waals surface area contributed by atoms with Crippen LogP contribution in [0.4, 0.5) is 0 Å². The molecule has 0 N–H and O–H groups in total. The van der Waals surface area contributed by atoms with Gasteiger partial charge in [0.1, 0.15) is 0 Å². The summed E-state index contributed by atoms with van der Waals surface area (Å²) in [6.45, 7) is 2.09. The SMILES string of the molecule is CCOC(=O)c1cccc(C#CC#N)c1. The molecule has 0 atom stereocenters. The molecule has 0 spiro atoms. The van der Waals surface area contributed by atoms with E-state index in [1.165, 1.54) is 0 Å². The third-order valence-corrected chi connectivity index (χ3v) is 1.64. The van der Waals surface area contributed by atoms with E-state index in [-0.39, 0.29) is 5.97 Å². The number of carbonyl (C=O) groups excluding carboxylic acids is 1. The van der Waals surface area contributed by atoms with Crippen LogP contribution in [0.1, 0.15) is 22.8 Å². The Morgan fingerprint density at radius 1 is 1.53 bits per heavy atom. The van der Waals surface area contributed by atoms with Gasteiger partial charge in [0.05, 0.1) is 12.2 Å². The van der Waals surface area contributed by atoms with Gasteiger partial charge < -0.3 is 4.74 Å². The van der Waals surface area contributed by atoms with Gasteiger partial charge in [0.25, 0.3) is 0 Å². The first-order valence-corrected chi connectivity index (χ1v) is 4.45. The van der Waals surface area contributed by atoms with Crippen LogP contribution in [0.3, 0.4) is 0 Å². The van der Waals surface area contributed by atoms with Gasteiger partial charge in [-0.15, -0.1) is 0 Å². The second kappa shape index (κ2) is 5.47. The van der Waals surface area contributed by atoms with E-state index in [0.717, 1.165) is 0 Å². The molecule has 0 fully saturated rings. The van der Waals surface area contributed by atoms with E-state index in [1.54, 1.807) is 37.3 Å². The molecule has 0 aliphatic carbocycles. The summed E-state index contributed by atoms with van der Waals surface area (Å²) in [7, 11) is 0. The van der Waals surface area contributed by atoms with Crippen LogP contribution in [0.2, 0.25) is 0 Å². The number of benzene rings is 1. The minimum Gasteiger partial charge on any atom is -0.462 e. The molecule has 0 saturated heterocycles. The highest BCUT2D eigenvalue weighted by molar-refractivity contribution is 5.89. The van der Waals surface area contributed by atoms with Crippen LogP contribution in [0, 0.1) is 23.2 Å². The van der Waals surface area contributed by atoms with E-state index in [2.05, 4.69) is 11.8 Å². The van der Waals surface area contributed by atoms with Crippen molar-refractivity contribution in [2.75, 3.05) is 6.61 Å². The summed E-state index contributed by atoms with van der Waals surface area (Å²) in [6.07, 6.45) is 0. The summed E-state index contributed by atoms with van der Waals surface area (Å²) in [5.41, 5.74) is 1.07. The van der Waals surface area contributed by atoms with Crippen molar-refractivity contribution >= 4 is 5.97 Å². The van der Waals surface area contributed by atoms with Crippen LogP contribution in [0.25, 0.3) is 0 Å². The lowest BCUT2D eigenvalue weighted by Crippen LogP contribution is -2.04. The Morgan fingerprint density at radius 3 is 3.00 bits per heavy atom. The number of ether oxygens (including phenoxy) is 1. The van der Waals surface area contributed by atoms with Crippen LogP contribution in [-0.4, -0.2) is 12.6 Å². The molecule has 0 aromatic heterocycles. The lowest BCUT2D eigenvalue weighted by atomic mass is 10.1. The van der Waals surface area contributed by atoms with Crippen LogP contribution >= 0.6 is 0 Å². The fraction of sp³-hybridized carbons (Fsp3) is 0.167. The zero-order valence-corrected chi connectivity index (χ0v) is 8.28. The van der Waals surface area contributed by atoms with Gasteiger partial charge in [0.15, 0.2) is 6.07 Å². The molecule has 3 nitrogen and oxygen atoms in total. The number of carbonyl (C=O) groups is 1. The van der Waals surface area contributed by atoms with Crippen molar-refractivity contribution in [1.82, 2.24) is 0 Å². The molecule has 1 aromatic rings. The lowest BCUT2D eigenvalue weighted by molar-refractivity contribution is 0.0526. The van der Waals surface area contributed by atoms with Gasteiger partial charge in [0.2, 0.25) is 0 Å². The minimum absolute atomic E-state index is 0.340. The number of esters is 1. The third kappa shape index (κ3) is 3.17. The van der Waals surface area contributed by atoms with Crippen molar-refractivity contribution in [3.8, 4) is 17.9 Å². The Morgan fingerprint density at radius 2 is 2.33 bits per heavy atom. The average molecular weight is 199 g/mol. The first-order chi connectivity index (χ1) is 7.27. The molecule has 0 aliphatic rings. The van der Waals surface area contributed by atoms with Crippen molar-refractivity contribution in [3.05, 3.63) is 35.4 Å². The monoisotopic (exact) mass is 199 g/mol. The molecule has 0 saturated carbocycles. The second-order valence-electron chi connectivity index (χ2n) is 2.66. The molecule has 0 radical (unpaired) electrons. The fourth-order valence-corrected chi connectivity index (χ4v) is 1.04. The number of nitriles is 1. The molecule has 15 heavy (non-hydrogen) atoms. The number of hydrogen-bond acceptors (Lipinski definition) is 3. The highest BCUT2D eigenvalue weighted by atomic mass is 16.5. The summed E-state index contributed by atoms with van der Waals surface area (Å²) in [6, 6.07) is 8.39. The van der Waals surface area contributed by atoms with Crippen LogP contribution < -0.4 is 0 Å². The van der Waals surface area contributed by atoms with Crippen molar-refractivity contribution in [2.24, 2.45) is 0 Å². The standard InChI is InChI=1S/C12H9NO2/c1-2-15-12(14)11-7-3-5-10(9-11)6-4-8-13/h3,5,7,9H,2H2,1H3. The van der Waals surface area contributed by atoms with Gasteiger partial charge in [-0.2, -0.15) is 5.26 Å². The molecule has 0 unspecified atom stereocenters. The van der Waals surface area contributed by atoms with Gasteiger partial charge in [0, 0.05) is 11.5 Å². The maximum atomic E-state index is 11.3. The first-order valence-electron chi connectivity index (χ1n) is 4.45. The van der Waals surface area contributed by atoms with Crippen molar-refractivity contribution in [1.29, 1.82) is 5.26 Å². The molecule has 0 amide bonds. The maximum Gasteiger partial charge on any atom is 0.338 e. The van der Waals surface area contributed by atoms with Gasteiger partial charge in [-0.3, -0.25) is 0 Å². The fourth-order valence-electron chi connectivity index (χ4n) is 1.04. The highest BCUT2D eigenvalue weighted by Gasteiger charge is 2.05. The van der Waals surface area contributed by atoms with E-state index in [4.69, 9.17) is 10.00 Å². The zero-order valence-electron chi connectivity index (χ0n) is 8.28. The Hall–Kier alpha value is -2.26. The molecule has 0 bridgehead atoms. The van der Waals surface area contributed by atoms with Gasteiger partial charge in [-0.05, 0) is 25.1 Å². The number of nitrogens with zero attached hydrogens (tertiary/aromatic N) is 1. The number of hydrogen-bond donors (Lipinski definition) is 0. The van der Waals surface area contributed by atoms with E-state index in [1.807, 2.05) is 0 Å².